The number of nitrogens with two attached hydrogens (primary N) is 1. The van der Waals surface area contributed by atoms with Crippen LogP contribution in [0.3, 0.4) is 0 Å². The van der Waals surface area contributed by atoms with E-state index in [9.17, 15) is 4.79 Å². The van der Waals surface area contributed by atoms with Gasteiger partial charge in [-0.25, -0.2) is 0 Å². The van der Waals surface area contributed by atoms with Crippen LogP contribution in [-0.4, -0.2) is 11.8 Å². The second-order valence-electron chi connectivity index (χ2n) is 3.46. The number of anilines is 1. The molecule has 1 aliphatic heterocycles. The summed E-state index contributed by atoms with van der Waals surface area (Å²) in [6.07, 6.45) is 0. The highest BCUT2D eigenvalue weighted by atomic mass is 35.5. The van der Waals surface area contributed by atoms with Crippen molar-refractivity contribution in [1.29, 1.82) is 0 Å². The van der Waals surface area contributed by atoms with Crippen LogP contribution in [0.15, 0.2) is 34.9 Å². The number of primary amides is 1. The molecular formula is C11H11ClN2OS. The van der Waals surface area contributed by atoms with Gasteiger partial charge in [0, 0.05) is 16.4 Å². The summed E-state index contributed by atoms with van der Waals surface area (Å²) in [6, 6.07) is 7.54. The Labute approximate surface area is 103 Å². The zero-order valence-corrected chi connectivity index (χ0v) is 10.3. The van der Waals surface area contributed by atoms with Gasteiger partial charge in [0.15, 0.2) is 0 Å². The molecule has 0 spiro atoms. The van der Waals surface area contributed by atoms with Gasteiger partial charge < -0.3 is 10.6 Å². The fraction of sp³-hybridized carbons (Fsp3) is 0.182. The summed E-state index contributed by atoms with van der Waals surface area (Å²) in [5.41, 5.74) is 7.16. The maximum Gasteiger partial charge on any atom is 0.256 e. The molecule has 2 rings (SSSR count). The number of carbonyl (C=O) groups is 1. The smallest absolute Gasteiger partial charge is 0.256 e. The van der Waals surface area contributed by atoms with Crippen LogP contribution < -0.4 is 10.6 Å². The lowest BCUT2D eigenvalue weighted by Gasteiger charge is -2.19. The standard InChI is InChI=1S/C11H11ClN2OS/c1-7-10(11(13)15)16-6-14(7)9-4-2-3-8(12)5-9/h2-5H,6H2,1H3,(H2,13,15). The number of allylic oxidation sites excluding steroid dienone is 1. The van der Waals surface area contributed by atoms with Crippen molar-refractivity contribution in [3.8, 4) is 0 Å². The minimum atomic E-state index is -0.368. The number of rotatable bonds is 2. The Morgan fingerprint density at radius 3 is 2.88 bits per heavy atom. The Hall–Kier alpha value is -1.13. The maximum atomic E-state index is 11.1. The van der Waals surface area contributed by atoms with Crippen LogP contribution in [0.1, 0.15) is 6.92 Å². The van der Waals surface area contributed by atoms with Gasteiger partial charge >= 0.3 is 0 Å². The van der Waals surface area contributed by atoms with Crippen molar-refractivity contribution in [1.82, 2.24) is 0 Å². The highest BCUT2D eigenvalue weighted by molar-refractivity contribution is 8.04. The summed E-state index contributed by atoms with van der Waals surface area (Å²) in [6.45, 7) is 1.89. The van der Waals surface area contributed by atoms with Gasteiger partial charge in [-0.1, -0.05) is 29.4 Å². The molecule has 0 saturated carbocycles. The zero-order chi connectivity index (χ0) is 11.7. The third-order valence-electron chi connectivity index (χ3n) is 2.42. The minimum absolute atomic E-state index is 0.368. The predicted molar refractivity (Wildman–Crippen MR) is 68.3 cm³/mol. The molecule has 2 N–H and O–H groups in total. The summed E-state index contributed by atoms with van der Waals surface area (Å²) in [4.78, 5) is 13.8. The SMILES string of the molecule is CC1=C(C(N)=O)SCN1c1cccc(Cl)c1. The second-order valence-corrected chi connectivity index (χ2v) is 4.85. The van der Waals surface area contributed by atoms with Crippen LogP contribution in [0, 0.1) is 0 Å². The Kier molecular flexibility index (Phi) is 3.12. The van der Waals surface area contributed by atoms with E-state index in [1.165, 1.54) is 11.8 Å². The number of halogens is 1. The van der Waals surface area contributed by atoms with Gasteiger partial charge in [0.25, 0.3) is 5.91 Å². The molecule has 1 heterocycles. The molecule has 0 radical (unpaired) electrons. The van der Waals surface area contributed by atoms with Crippen molar-refractivity contribution in [2.75, 3.05) is 10.8 Å². The first-order valence-corrected chi connectivity index (χ1v) is 6.12. The summed E-state index contributed by atoms with van der Waals surface area (Å²) < 4.78 is 0. The first-order valence-electron chi connectivity index (χ1n) is 4.76. The molecule has 0 fully saturated rings. The van der Waals surface area contributed by atoms with Gasteiger partial charge in [0.2, 0.25) is 0 Å². The fourth-order valence-corrected chi connectivity index (χ4v) is 2.86. The monoisotopic (exact) mass is 254 g/mol. The van der Waals surface area contributed by atoms with Crippen LogP contribution in [-0.2, 0) is 4.79 Å². The summed E-state index contributed by atoms with van der Waals surface area (Å²) >= 11 is 7.38. The zero-order valence-electron chi connectivity index (χ0n) is 8.74. The van der Waals surface area contributed by atoms with Crippen LogP contribution in [0.25, 0.3) is 0 Å². The van der Waals surface area contributed by atoms with Gasteiger partial charge in [0.05, 0.1) is 10.8 Å². The number of hydrogen-bond acceptors (Lipinski definition) is 3. The van der Waals surface area contributed by atoms with Crippen LogP contribution in [0.4, 0.5) is 5.69 Å². The van der Waals surface area contributed by atoms with Gasteiger partial charge in [-0.2, -0.15) is 0 Å². The number of benzene rings is 1. The number of amides is 1. The van der Waals surface area contributed by atoms with Gasteiger partial charge in [-0.15, -0.1) is 0 Å². The number of hydrogen-bond donors (Lipinski definition) is 1. The molecule has 5 heteroatoms. The molecule has 0 atom stereocenters. The molecule has 0 unspecified atom stereocenters. The van der Waals surface area contributed by atoms with E-state index in [4.69, 9.17) is 17.3 Å². The second kappa shape index (κ2) is 4.39. The molecule has 1 aliphatic rings. The van der Waals surface area contributed by atoms with Gasteiger partial charge in [0.1, 0.15) is 0 Å². The molecule has 1 aromatic rings. The van der Waals surface area contributed by atoms with Crippen molar-refractivity contribution in [3.63, 3.8) is 0 Å². The third kappa shape index (κ3) is 2.03. The van der Waals surface area contributed by atoms with E-state index in [1.54, 1.807) is 0 Å². The molecule has 3 nitrogen and oxygen atoms in total. The molecule has 1 aromatic carbocycles. The van der Waals surface area contributed by atoms with Gasteiger partial charge in [-0.05, 0) is 25.1 Å². The van der Waals surface area contributed by atoms with Crippen molar-refractivity contribution < 1.29 is 4.79 Å². The normalized spacial score (nSPS) is 15.8. The molecule has 16 heavy (non-hydrogen) atoms. The average molecular weight is 255 g/mol. The number of carbonyl (C=O) groups excluding carboxylic acids is 1. The minimum Gasteiger partial charge on any atom is -0.365 e. The van der Waals surface area contributed by atoms with E-state index in [0.29, 0.717) is 15.8 Å². The van der Waals surface area contributed by atoms with Crippen LogP contribution >= 0.6 is 23.4 Å². The lowest BCUT2D eigenvalue weighted by Crippen LogP contribution is -2.17. The molecule has 0 aliphatic carbocycles. The van der Waals surface area contributed by atoms with Crippen molar-refractivity contribution in [2.24, 2.45) is 5.73 Å². The topological polar surface area (TPSA) is 46.3 Å². The Bertz CT molecular complexity index is 473. The van der Waals surface area contributed by atoms with Crippen molar-refractivity contribution in [2.45, 2.75) is 6.92 Å². The molecule has 0 bridgehead atoms. The summed E-state index contributed by atoms with van der Waals surface area (Å²) in [7, 11) is 0. The first-order chi connectivity index (χ1) is 7.59. The van der Waals surface area contributed by atoms with E-state index >= 15 is 0 Å². The summed E-state index contributed by atoms with van der Waals surface area (Å²) in [5.74, 6) is 0.330. The van der Waals surface area contributed by atoms with E-state index < -0.39 is 0 Å². The average Bonchev–Trinajstić information content (AvgIpc) is 2.60. The fourth-order valence-electron chi connectivity index (χ4n) is 1.61. The lowest BCUT2D eigenvalue weighted by atomic mass is 10.2. The number of thioether (sulfide) groups is 1. The molecular weight excluding hydrogens is 244 g/mol. The third-order valence-corrected chi connectivity index (χ3v) is 3.82. The summed E-state index contributed by atoms with van der Waals surface area (Å²) in [5, 5.41) is 0.683. The Balaban J connectivity index is 2.35. The van der Waals surface area contributed by atoms with E-state index in [0.717, 1.165) is 11.4 Å². The quantitative estimate of drug-likeness (QED) is 0.882. The number of nitrogens with zero attached hydrogens (tertiary/aromatic N) is 1. The van der Waals surface area contributed by atoms with Gasteiger partial charge in [-0.3, -0.25) is 4.79 Å². The lowest BCUT2D eigenvalue weighted by molar-refractivity contribution is -0.113. The van der Waals surface area contributed by atoms with E-state index in [2.05, 4.69) is 0 Å². The maximum absolute atomic E-state index is 11.1. The highest BCUT2D eigenvalue weighted by Crippen LogP contribution is 2.35. The van der Waals surface area contributed by atoms with E-state index in [-0.39, 0.29) is 5.91 Å². The van der Waals surface area contributed by atoms with Crippen molar-refractivity contribution in [3.05, 3.63) is 39.9 Å². The van der Waals surface area contributed by atoms with Crippen molar-refractivity contribution >= 4 is 35.0 Å². The van der Waals surface area contributed by atoms with Crippen LogP contribution in [0.2, 0.25) is 5.02 Å². The molecule has 0 saturated heterocycles. The van der Waals surface area contributed by atoms with E-state index in [1.807, 2.05) is 36.1 Å². The van der Waals surface area contributed by atoms with Crippen LogP contribution in [0.5, 0.6) is 0 Å². The first kappa shape index (κ1) is 11.4. The molecule has 84 valence electrons. The largest absolute Gasteiger partial charge is 0.365 e. The molecule has 0 aromatic heterocycles. The molecule has 1 amide bonds. The predicted octanol–water partition coefficient (Wildman–Crippen LogP) is 2.57. The Morgan fingerprint density at radius 1 is 1.56 bits per heavy atom. The highest BCUT2D eigenvalue weighted by Gasteiger charge is 2.24. The Morgan fingerprint density at radius 2 is 2.31 bits per heavy atom.